The Morgan fingerprint density at radius 3 is 2.73 bits per heavy atom. The van der Waals surface area contributed by atoms with Crippen molar-refractivity contribution >= 4 is 27.9 Å². The number of rotatable bonds is 2. The van der Waals surface area contributed by atoms with Crippen LogP contribution in [0.25, 0.3) is 16.2 Å². The van der Waals surface area contributed by atoms with Crippen molar-refractivity contribution in [2.45, 2.75) is 37.6 Å². The lowest BCUT2D eigenvalue weighted by atomic mass is 9.83. The number of nitrogens with two attached hydrogens (primary N) is 1. The third-order valence-corrected chi connectivity index (χ3v) is 5.88. The molecule has 1 aliphatic carbocycles. The van der Waals surface area contributed by atoms with Gasteiger partial charge in [0.05, 0.1) is 22.5 Å². The SMILES string of the molecule is NC1(c2nn3c(-c4ccccc4Cl)cnc3s2)CCCCC1. The fourth-order valence-electron chi connectivity index (χ4n) is 3.14. The number of benzene rings is 1. The first-order valence-electron chi connectivity index (χ1n) is 7.56. The van der Waals surface area contributed by atoms with Crippen LogP contribution < -0.4 is 5.73 Å². The van der Waals surface area contributed by atoms with E-state index in [9.17, 15) is 0 Å². The number of hydrogen-bond acceptors (Lipinski definition) is 4. The predicted molar refractivity (Wildman–Crippen MR) is 90.3 cm³/mol. The zero-order valence-corrected chi connectivity index (χ0v) is 13.7. The van der Waals surface area contributed by atoms with Gasteiger partial charge in [-0.15, -0.1) is 0 Å². The molecule has 114 valence electrons. The maximum atomic E-state index is 6.60. The van der Waals surface area contributed by atoms with Crippen LogP contribution in [0.4, 0.5) is 0 Å². The summed E-state index contributed by atoms with van der Waals surface area (Å²) in [5.41, 5.74) is 8.18. The molecule has 1 aliphatic rings. The van der Waals surface area contributed by atoms with Crippen molar-refractivity contribution in [1.29, 1.82) is 0 Å². The smallest absolute Gasteiger partial charge is 0.212 e. The molecular formula is C16H17ClN4S. The highest BCUT2D eigenvalue weighted by atomic mass is 35.5. The van der Waals surface area contributed by atoms with E-state index in [1.807, 2.05) is 35.0 Å². The lowest BCUT2D eigenvalue weighted by molar-refractivity contribution is 0.299. The minimum absolute atomic E-state index is 0.290. The highest BCUT2D eigenvalue weighted by Gasteiger charge is 2.33. The number of fused-ring (bicyclic) bond motifs is 1. The third kappa shape index (κ3) is 2.24. The van der Waals surface area contributed by atoms with E-state index >= 15 is 0 Å². The quantitative estimate of drug-likeness (QED) is 0.764. The standard InChI is InChI=1S/C16H17ClN4S/c17-12-7-3-2-6-11(12)13-10-19-15-21(13)20-14(22-15)16(18)8-4-1-5-9-16/h2-3,6-7,10H,1,4-5,8-9,18H2. The van der Waals surface area contributed by atoms with Crippen LogP contribution in [-0.4, -0.2) is 14.6 Å². The summed E-state index contributed by atoms with van der Waals surface area (Å²) in [4.78, 5) is 5.36. The Balaban J connectivity index is 1.81. The molecule has 4 nitrogen and oxygen atoms in total. The summed E-state index contributed by atoms with van der Waals surface area (Å²) in [6.07, 6.45) is 7.46. The molecule has 0 aliphatic heterocycles. The van der Waals surface area contributed by atoms with Crippen molar-refractivity contribution in [3.63, 3.8) is 0 Å². The van der Waals surface area contributed by atoms with Gasteiger partial charge in [-0.1, -0.05) is 60.4 Å². The molecule has 0 unspecified atom stereocenters. The molecule has 0 spiro atoms. The van der Waals surface area contributed by atoms with Crippen LogP contribution in [0.1, 0.15) is 37.1 Å². The molecule has 4 rings (SSSR count). The number of imidazole rings is 1. The first-order valence-corrected chi connectivity index (χ1v) is 8.76. The molecule has 3 aromatic rings. The minimum Gasteiger partial charge on any atom is -0.319 e. The summed E-state index contributed by atoms with van der Waals surface area (Å²) in [5.74, 6) is 0. The minimum atomic E-state index is -0.290. The lowest BCUT2D eigenvalue weighted by Gasteiger charge is -2.30. The molecule has 0 atom stereocenters. The molecule has 22 heavy (non-hydrogen) atoms. The van der Waals surface area contributed by atoms with Gasteiger partial charge in [-0.2, -0.15) is 5.10 Å². The fourth-order valence-corrected chi connectivity index (χ4v) is 4.41. The Morgan fingerprint density at radius 2 is 1.95 bits per heavy atom. The number of hydrogen-bond donors (Lipinski definition) is 1. The second-order valence-electron chi connectivity index (χ2n) is 5.94. The van der Waals surface area contributed by atoms with Gasteiger partial charge in [0, 0.05) is 5.56 Å². The van der Waals surface area contributed by atoms with E-state index in [4.69, 9.17) is 22.4 Å². The van der Waals surface area contributed by atoms with E-state index in [-0.39, 0.29) is 5.54 Å². The topological polar surface area (TPSA) is 56.2 Å². The van der Waals surface area contributed by atoms with E-state index < -0.39 is 0 Å². The molecule has 0 bridgehead atoms. The second kappa shape index (κ2) is 5.33. The van der Waals surface area contributed by atoms with Crippen LogP contribution in [-0.2, 0) is 5.54 Å². The van der Waals surface area contributed by atoms with Gasteiger partial charge in [-0.05, 0) is 18.9 Å². The normalized spacial score (nSPS) is 17.9. The van der Waals surface area contributed by atoms with Gasteiger partial charge in [-0.3, -0.25) is 0 Å². The second-order valence-corrected chi connectivity index (χ2v) is 7.30. The van der Waals surface area contributed by atoms with Crippen molar-refractivity contribution in [2.75, 3.05) is 0 Å². The van der Waals surface area contributed by atoms with Gasteiger partial charge in [0.2, 0.25) is 4.96 Å². The zero-order valence-electron chi connectivity index (χ0n) is 12.1. The summed E-state index contributed by atoms with van der Waals surface area (Å²) < 4.78 is 1.88. The Labute approximate surface area is 137 Å². The summed E-state index contributed by atoms with van der Waals surface area (Å²) >= 11 is 7.91. The lowest BCUT2D eigenvalue weighted by Crippen LogP contribution is -2.38. The summed E-state index contributed by atoms with van der Waals surface area (Å²) in [6, 6.07) is 7.77. The molecule has 0 radical (unpaired) electrons. The van der Waals surface area contributed by atoms with Gasteiger partial charge in [-0.25, -0.2) is 9.50 Å². The van der Waals surface area contributed by atoms with E-state index in [0.717, 1.165) is 34.1 Å². The van der Waals surface area contributed by atoms with Gasteiger partial charge >= 0.3 is 0 Å². The van der Waals surface area contributed by atoms with Crippen LogP contribution in [0.3, 0.4) is 0 Å². The molecule has 2 heterocycles. The number of aromatic nitrogens is 3. The number of nitrogens with zero attached hydrogens (tertiary/aromatic N) is 3. The highest BCUT2D eigenvalue weighted by molar-refractivity contribution is 7.16. The average Bonchev–Trinajstić information content (AvgIpc) is 3.10. The van der Waals surface area contributed by atoms with E-state index in [1.54, 1.807) is 11.3 Å². The largest absolute Gasteiger partial charge is 0.319 e. The van der Waals surface area contributed by atoms with Crippen molar-refractivity contribution < 1.29 is 0 Å². The van der Waals surface area contributed by atoms with Crippen LogP contribution >= 0.6 is 22.9 Å². The van der Waals surface area contributed by atoms with Crippen molar-refractivity contribution in [3.05, 3.63) is 40.5 Å². The Morgan fingerprint density at radius 1 is 1.18 bits per heavy atom. The summed E-state index contributed by atoms with van der Waals surface area (Å²) in [6.45, 7) is 0. The molecule has 0 saturated heterocycles. The monoisotopic (exact) mass is 332 g/mol. The molecule has 1 fully saturated rings. The third-order valence-electron chi connectivity index (χ3n) is 4.41. The maximum Gasteiger partial charge on any atom is 0.212 e. The van der Waals surface area contributed by atoms with Crippen LogP contribution in [0, 0.1) is 0 Å². The van der Waals surface area contributed by atoms with Gasteiger partial charge in [0.25, 0.3) is 0 Å². The van der Waals surface area contributed by atoms with Crippen LogP contribution in [0.2, 0.25) is 5.02 Å². The van der Waals surface area contributed by atoms with Crippen molar-refractivity contribution in [1.82, 2.24) is 14.6 Å². The Hall–Kier alpha value is -1.43. The van der Waals surface area contributed by atoms with Gasteiger partial charge < -0.3 is 5.73 Å². The Bertz CT molecular complexity index is 817. The molecule has 0 amide bonds. The van der Waals surface area contributed by atoms with Crippen LogP contribution in [0.15, 0.2) is 30.5 Å². The highest BCUT2D eigenvalue weighted by Crippen LogP contribution is 2.38. The summed E-state index contributed by atoms with van der Waals surface area (Å²) in [5, 5.41) is 6.47. The molecule has 6 heteroatoms. The summed E-state index contributed by atoms with van der Waals surface area (Å²) in [7, 11) is 0. The van der Waals surface area contributed by atoms with Crippen molar-refractivity contribution in [2.24, 2.45) is 5.73 Å². The maximum absolute atomic E-state index is 6.60. The molecule has 2 aromatic heterocycles. The number of halogens is 1. The molecule has 2 N–H and O–H groups in total. The molecule has 1 saturated carbocycles. The first-order chi connectivity index (χ1) is 10.7. The van der Waals surface area contributed by atoms with Gasteiger partial charge in [0.1, 0.15) is 5.01 Å². The average molecular weight is 333 g/mol. The van der Waals surface area contributed by atoms with Gasteiger partial charge in [0.15, 0.2) is 0 Å². The predicted octanol–water partition coefficient (Wildman–Crippen LogP) is 4.23. The first kappa shape index (κ1) is 14.2. The molecule has 1 aromatic carbocycles. The Kier molecular flexibility index (Phi) is 3.44. The van der Waals surface area contributed by atoms with E-state index in [2.05, 4.69) is 4.98 Å². The zero-order chi connectivity index (χ0) is 15.2. The van der Waals surface area contributed by atoms with E-state index in [1.165, 1.54) is 19.3 Å². The van der Waals surface area contributed by atoms with Crippen molar-refractivity contribution in [3.8, 4) is 11.3 Å². The van der Waals surface area contributed by atoms with E-state index in [0.29, 0.717) is 5.02 Å². The fraction of sp³-hybridized carbons (Fsp3) is 0.375. The molecular weight excluding hydrogens is 316 g/mol. The van der Waals surface area contributed by atoms with Crippen LogP contribution in [0.5, 0.6) is 0 Å².